The summed E-state index contributed by atoms with van der Waals surface area (Å²) in [5.74, 6) is 0.132. The number of nitrogens with one attached hydrogen (secondary N) is 1. The summed E-state index contributed by atoms with van der Waals surface area (Å²) in [6, 6.07) is 3.36. The molecule has 0 bridgehead atoms. The SMILES string of the molecule is O=C(NCc1nc(CN2CCCCC2)cs1)c1ccco1. The zero-order chi connectivity index (χ0) is 14.5. The topological polar surface area (TPSA) is 58.4 Å². The van der Waals surface area contributed by atoms with Gasteiger partial charge in [-0.25, -0.2) is 4.98 Å². The van der Waals surface area contributed by atoms with Crippen LogP contribution in [-0.2, 0) is 13.1 Å². The fraction of sp³-hybridized carbons (Fsp3) is 0.467. The van der Waals surface area contributed by atoms with Gasteiger partial charge in [-0.2, -0.15) is 0 Å². The number of hydrogen-bond acceptors (Lipinski definition) is 5. The molecule has 5 nitrogen and oxygen atoms in total. The Morgan fingerprint density at radius 1 is 1.38 bits per heavy atom. The molecule has 6 heteroatoms. The minimum Gasteiger partial charge on any atom is -0.459 e. The predicted octanol–water partition coefficient (Wildman–Crippen LogP) is 2.65. The van der Waals surface area contributed by atoms with E-state index in [9.17, 15) is 4.79 Å². The highest BCUT2D eigenvalue weighted by Gasteiger charge is 2.13. The Kier molecular flexibility index (Phi) is 4.67. The van der Waals surface area contributed by atoms with Gasteiger partial charge >= 0.3 is 0 Å². The van der Waals surface area contributed by atoms with Crippen molar-refractivity contribution >= 4 is 17.2 Å². The molecule has 1 aliphatic rings. The number of thiazole rings is 1. The number of nitrogens with zero attached hydrogens (tertiary/aromatic N) is 2. The lowest BCUT2D eigenvalue weighted by molar-refractivity contribution is 0.0923. The molecule has 0 radical (unpaired) electrons. The van der Waals surface area contributed by atoms with Crippen molar-refractivity contribution in [3.8, 4) is 0 Å². The number of piperidine rings is 1. The smallest absolute Gasteiger partial charge is 0.287 e. The van der Waals surface area contributed by atoms with E-state index in [0.717, 1.165) is 17.2 Å². The Morgan fingerprint density at radius 2 is 2.24 bits per heavy atom. The van der Waals surface area contributed by atoms with E-state index in [1.165, 1.54) is 38.6 Å². The molecule has 1 aliphatic heterocycles. The van der Waals surface area contributed by atoms with Crippen LogP contribution in [0.1, 0.15) is 40.5 Å². The number of amides is 1. The van der Waals surface area contributed by atoms with Crippen LogP contribution >= 0.6 is 11.3 Å². The lowest BCUT2D eigenvalue weighted by atomic mass is 10.1. The van der Waals surface area contributed by atoms with Crippen molar-refractivity contribution in [1.29, 1.82) is 0 Å². The number of furan rings is 1. The molecule has 0 unspecified atom stereocenters. The molecule has 3 heterocycles. The van der Waals surface area contributed by atoms with Gasteiger partial charge in [-0.15, -0.1) is 11.3 Å². The molecule has 1 N–H and O–H groups in total. The van der Waals surface area contributed by atoms with Crippen molar-refractivity contribution in [3.63, 3.8) is 0 Å². The Hall–Kier alpha value is -1.66. The molecule has 1 amide bonds. The van der Waals surface area contributed by atoms with Crippen LogP contribution in [-0.4, -0.2) is 28.9 Å². The Morgan fingerprint density at radius 3 is 3.00 bits per heavy atom. The second-order valence-corrected chi connectivity index (χ2v) is 6.17. The molecule has 0 aromatic carbocycles. The minimum atomic E-state index is -0.201. The normalized spacial score (nSPS) is 16.0. The highest BCUT2D eigenvalue weighted by atomic mass is 32.1. The summed E-state index contributed by atoms with van der Waals surface area (Å²) in [4.78, 5) is 18.8. The second-order valence-electron chi connectivity index (χ2n) is 5.23. The number of carbonyl (C=O) groups is 1. The first-order valence-electron chi connectivity index (χ1n) is 7.28. The summed E-state index contributed by atoms with van der Waals surface area (Å²) in [6.07, 6.45) is 5.42. The largest absolute Gasteiger partial charge is 0.459 e. The summed E-state index contributed by atoms with van der Waals surface area (Å²) in [6.45, 7) is 3.71. The van der Waals surface area contributed by atoms with Crippen LogP contribution in [0.2, 0.25) is 0 Å². The van der Waals surface area contributed by atoms with Crippen LogP contribution in [0.25, 0.3) is 0 Å². The number of aromatic nitrogens is 1. The van der Waals surface area contributed by atoms with Gasteiger partial charge in [-0.3, -0.25) is 9.69 Å². The van der Waals surface area contributed by atoms with Crippen molar-refractivity contribution in [2.75, 3.05) is 13.1 Å². The van der Waals surface area contributed by atoms with E-state index in [1.807, 2.05) is 0 Å². The fourth-order valence-corrected chi connectivity index (χ4v) is 3.22. The number of rotatable bonds is 5. The molecular weight excluding hydrogens is 286 g/mol. The van der Waals surface area contributed by atoms with Crippen LogP contribution < -0.4 is 5.32 Å². The second kappa shape index (κ2) is 6.87. The molecule has 112 valence electrons. The molecule has 1 saturated heterocycles. The van der Waals surface area contributed by atoms with E-state index in [1.54, 1.807) is 23.5 Å². The summed E-state index contributed by atoms with van der Waals surface area (Å²) in [5.41, 5.74) is 1.10. The molecule has 0 saturated carbocycles. The third-order valence-corrected chi connectivity index (χ3v) is 4.48. The summed E-state index contributed by atoms with van der Waals surface area (Å²) in [7, 11) is 0. The lowest BCUT2D eigenvalue weighted by Gasteiger charge is -2.25. The highest BCUT2D eigenvalue weighted by Crippen LogP contribution is 2.15. The number of hydrogen-bond donors (Lipinski definition) is 1. The van der Waals surface area contributed by atoms with Crippen LogP contribution in [0, 0.1) is 0 Å². The first-order valence-corrected chi connectivity index (χ1v) is 8.16. The summed E-state index contributed by atoms with van der Waals surface area (Å²) < 4.78 is 5.05. The fourth-order valence-electron chi connectivity index (χ4n) is 2.50. The van der Waals surface area contributed by atoms with E-state index in [-0.39, 0.29) is 5.91 Å². The van der Waals surface area contributed by atoms with Gasteiger partial charge < -0.3 is 9.73 Å². The monoisotopic (exact) mass is 305 g/mol. The number of carbonyl (C=O) groups excluding carboxylic acids is 1. The standard InChI is InChI=1S/C15H19N3O2S/c19-15(13-5-4-8-20-13)16-9-14-17-12(11-21-14)10-18-6-2-1-3-7-18/h4-5,8,11H,1-3,6-7,9-10H2,(H,16,19). The lowest BCUT2D eigenvalue weighted by Crippen LogP contribution is -2.29. The van der Waals surface area contributed by atoms with E-state index in [4.69, 9.17) is 4.42 Å². The molecule has 0 aliphatic carbocycles. The van der Waals surface area contributed by atoms with Gasteiger partial charge in [0.2, 0.25) is 0 Å². The van der Waals surface area contributed by atoms with Crippen LogP contribution in [0.15, 0.2) is 28.2 Å². The molecular formula is C15H19N3O2S. The van der Waals surface area contributed by atoms with Crippen molar-refractivity contribution in [2.24, 2.45) is 0 Å². The van der Waals surface area contributed by atoms with Gasteiger partial charge in [0.15, 0.2) is 5.76 Å². The van der Waals surface area contributed by atoms with Crippen molar-refractivity contribution < 1.29 is 9.21 Å². The van der Waals surface area contributed by atoms with Crippen molar-refractivity contribution in [2.45, 2.75) is 32.4 Å². The molecule has 0 atom stereocenters. The Bertz CT molecular complexity index is 574. The van der Waals surface area contributed by atoms with Gasteiger partial charge in [0.25, 0.3) is 5.91 Å². The van der Waals surface area contributed by atoms with E-state index >= 15 is 0 Å². The average Bonchev–Trinajstić information content (AvgIpc) is 3.17. The first kappa shape index (κ1) is 14.3. The quantitative estimate of drug-likeness (QED) is 0.922. The van der Waals surface area contributed by atoms with Crippen LogP contribution in [0.5, 0.6) is 0 Å². The van der Waals surface area contributed by atoms with Gasteiger partial charge in [-0.05, 0) is 38.1 Å². The maximum Gasteiger partial charge on any atom is 0.287 e. The van der Waals surface area contributed by atoms with E-state index in [0.29, 0.717) is 12.3 Å². The Balaban J connectivity index is 1.49. The van der Waals surface area contributed by atoms with Crippen molar-refractivity contribution in [1.82, 2.24) is 15.2 Å². The predicted molar refractivity (Wildman–Crippen MR) is 81.1 cm³/mol. The summed E-state index contributed by atoms with van der Waals surface area (Å²) in [5, 5.41) is 5.84. The molecule has 2 aromatic rings. The first-order chi connectivity index (χ1) is 10.3. The summed E-state index contributed by atoms with van der Waals surface area (Å²) >= 11 is 1.59. The van der Waals surface area contributed by atoms with Gasteiger partial charge in [0.1, 0.15) is 5.01 Å². The zero-order valence-electron chi connectivity index (χ0n) is 11.9. The molecule has 21 heavy (non-hydrogen) atoms. The molecule has 1 fully saturated rings. The van der Waals surface area contributed by atoms with Crippen LogP contribution in [0.4, 0.5) is 0 Å². The molecule has 0 spiro atoms. The third kappa shape index (κ3) is 3.92. The van der Waals surface area contributed by atoms with E-state index < -0.39 is 0 Å². The zero-order valence-corrected chi connectivity index (χ0v) is 12.7. The highest BCUT2D eigenvalue weighted by molar-refractivity contribution is 7.09. The molecule has 2 aromatic heterocycles. The van der Waals surface area contributed by atoms with Gasteiger partial charge in [0.05, 0.1) is 18.5 Å². The van der Waals surface area contributed by atoms with Gasteiger partial charge in [-0.1, -0.05) is 6.42 Å². The van der Waals surface area contributed by atoms with Crippen LogP contribution in [0.3, 0.4) is 0 Å². The van der Waals surface area contributed by atoms with Crippen molar-refractivity contribution in [3.05, 3.63) is 40.2 Å². The van der Waals surface area contributed by atoms with E-state index in [2.05, 4.69) is 20.6 Å². The average molecular weight is 305 g/mol. The number of likely N-dealkylation sites (tertiary alicyclic amines) is 1. The minimum absolute atomic E-state index is 0.201. The third-order valence-electron chi connectivity index (χ3n) is 3.58. The maximum atomic E-state index is 11.8. The molecule has 3 rings (SSSR count). The van der Waals surface area contributed by atoms with Gasteiger partial charge in [0, 0.05) is 11.9 Å². The Labute approximate surface area is 128 Å². The maximum absolute atomic E-state index is 11.8.